The van der Waals surface area contributed by atoms with Gasteiger partial charge in [0.1, 0.15) is 12.1 Å². The van der Waals surface area contributed by atoms with Crippen LogP contribution in [0, 0.1) is 28.6 Å². The van der Waals surface area contributed by atoms with E-state index in [0.29, 0.717) is 17.7 Å². The first-order valence-corrected chi connectivity index (χ1v) is 18.3. The summed E-state index contributed by atoms with van der Waals surface area (Å²) in [5.74, 6) is -3.43. The van der Waals surface area contributed by atoms with Crippen LogP contribution in [0.1, 0.15) is 102 Å². The van der Waals surface area contributed by atoms with Gasteiger partial charge in [-0.3, -0.25) is 33.7 Å². The maximum Gasteiger partial charge on any atom is 0.315 e. The highest BCUT2D eigenvalue weighted by molar-refractivity contribution is 6.38. The molecule has 7 amide bonds. The van der Waals surface area contributed by atoms with E-state index in [1.54, 1.807) is 24.3 Å². The Labute approximate surface area is 307 Å². The van der Waals surface area contributed by atoms with E-state index >= 15 is 0 Å². The summed E-state index contributed by atoms with van der Waals surface area (Å²) in [6.07, 6.45) is 4.18. The van der Waals surface area contributed by atoms with Crippen molar-refractivity contribution in [1.29, 1.82) is 0 Å². The van der Waals surface area contributed by atoms with Crippen LogP contribution < -0.4 is 21.3 Å². The molecular weight excluding hydrogens is 664 g/mol. The number of benzene rings is 1. The monoisotopic (exact) mass is 720 g/mol. The van der Waals surface area contributed by atoms with E-state index in [0.717, 1.165) is 24.2 Å². The van der Waals surface area contributed by atoms with Crippen molar-refractivity contribution in [2.75, 3.05) is 19.6 Å². The summed E-state index contributed by atoms with van der Waals surface area (Å²) in [4.78, 5) is 97.2. The zero-order valence-corrected chi connectivity index (χ0v) is 31.8. The number of amides is 7. The van der Waals surface area contributed by atoms with Gasteiger partial charge in [0.05, 0.1) is 29.8 Å². The molecule has 3 aliphatic rings. The molecule has 1 saturated carbocycles. The molecule has 2 heterocycles. The topological polar surface area (TPSA) is 174 Å². The van der Waals surface area contributed by atoms with E-state index in [1.807, 2.05) is 55.4 Å². The van der Waals surface area contributed by atoms with E-state index < -0.39 is 76.3 Å². The van der Waals surface area contributed by atoms with Crippen LogP contribution in [0.4, 0.5) is 4.79 Å². The summed E-state index contributed by atoms with van der Waals surface area (Å²) < 4.78 is 0. The molecule has 6 atom stereocenters. The predicted octanol–water partition coefficient (Wildman–Crippen LogP) is 3.44. The van der Waals surface area contributed by atoms with Crippen LogP contribution in [0.3, 0.4) is 0 Å². The largest absolute Gasteiger partial charge is 0.346 e. The lowest BCUT2D eigenvalue weighted by atomic mass is 9.85. The van der Waals surface area contributed by atoms with Crippen molar-refractivity contribution in [2.24, 2.45) is 28.6 Å². The molecule has 4 rings (SSSR count). The fourth-order valence-corrected chi connectivity index (χ4v) is 7.51. The molecule has 2 fully saturated rings. The van der Waals surface area contributed by atoms with Crippen LogP contribution >= 0.6 is 0 Å². The summed E-state index contributed by atoms with van der Waals surface area (Å²) in [6, 6.07) is 2.25. The Balaban J connectivity index is 1.54. The van der Waals surface area contributed by atoms with Gasteiger partial charge in [0, 0.05) is 13.1 Å². The summed E-state index contributed by atoms with van der Waals surface area (Å²) in [6.45, 7) is 18.8. The van der Waals surface area contributed by atoms with Crippen LogP contribution in [-0.4, -0.2) is 95.0 Å². The highest BCUT2D eigenvalue weighted by Gasteiger charge is 2.52. The van der Waals surface area contributed by atoms with Gasteiger partial charge in [0.25, 0.3) is 17.7 Å². The zero-order chi connectivity index (χ0) is 38.7. The van der Waals surface area contributed by atoms with E-state index in [2.05, 4.69) is 27.8 Å². The minimum absolute atomic E-state index is 0.0102. The Morgan fingerprint density at radius 3 is 2.06 bits per heavy atom. The lowest BCUT2D eigenvalue weighted by Gasteiger charge is -2.38. The summed E-state index contributed by atoms with van der Waals surface area (Å²) in [5, 5.41) is 11.1. The molecule has 1 aliphatic carbocycles. The maximum atomic E-state index is 14.5. The minimum atomic E-state index is -1.08. The number of carbonyl (C=O) groups is 7. The first kappa shape index (κ1) is 40.2. The lowest BCUT2D eigenvalue weighted by molar-refractivity contribution is -0.144. The Morgan fingerprint density at radius 2 is 1.52 bits per heavy atom. The normalized spacial score (nSPS) is 21.6. The number of Topliss-reactive ketones (excluding diaryl/α,β-unsaturated/α-hetero) is 1. The molecule has 52 heavy (non-hydrogen) atoms. The molecule has 0 aromatic heterocycles. The third kappa shape index (κ3) is 8.90. The molecule has 0 spiro atoms. The quantitative estimate of drug-likeness (QED) is 0.137. The molecule has 284 valence electrons. The van der Waals surface area contributed by atoms with Gasteiger partial charge in [0.15, 0.2) is 0 Å². The Hall–Kier alpha value is -4.55. The number of likely N-dealkylation sites (tertiary alicyclic amines) is 1. The fourth-order valence-electron chi connectivity index (χ4n) is 7.51. The second kappa shape index (κ2) is 16.0. The van der Waals surface area contributed by atoms with Gasteiger partial charge in [-0.2, -0.15) is 0 Å². The van der Waals surface area contributed by atoms with Gasteiger partial charge >= 0.3 is 6.03 Å². The zero-order valence-electron chi connectivity index (χ0n) is 31.8. The second-order valence-corrected chi connectivity index (χ2v) is 16.9. The second-order valence-electron chi connectivity index (χ2n) is 16.9. The predicted molar refractivity (Wildman–Crippen MR) is 196 cm³/mol. The van der Waals surface area contributed by atoms with Crippen LogP contribution in [0.2, 0.25) is 0 Å². The van der Waals surface area contributed by atoms with Crippen LogP contribution in [0.25, 0.3) is 0 Å². The van der Waals surface area contributed by atoms with Crippen molar-refractivity contribution < 1.29 is 33.6 Å². The Bertz CT molecular complexity index is 1560. The van der Waals surface area contributed by atoms with Crippen molar-refractivity contribution >= 4 is 41.4 Å². The third-order valence-electron chi connectivity index (χ3n) is 10.4. The van der Waals surface area contributed by atoms with Gasteiger partial charge in [-0.05, 0) is 60.0 Å². The summed E-state index contributed by atoms with van der Waals surface area (Å²) in [7, 11) is 0. The molecule has 1 saturated heterocycles. The van der Waals surface area contributed by atoms with Gasteiger partial charge in [-0.1, -0.05) is 80.0 Å². The molecule has 1 aromatic carbocycles. The minimum Gasteiger partial charge on any atom is -0.346 e. The molecule has 0 radical (unpaired) electrons. The van der Waals surface area contributed by atoms with Gasteiger partial charge in [0.2, 0.25) is 17.6 Å². The molecule has 2 aliphatic heterocycles. The molecule has 0 unspecified atom stereocenters. The van der Waals surface area contributed by atoms with Gasteiger partial charge < -0.3 is 26.2 Å². The van der Waals surface area contributed by atoms with Crippen molar-refractivity contribution in [3.05, 3.63) is 48.0 Å². The van der Waals surface area contributed by atoms with Crippen LogP contribution in [-0.2, 0) is 19.2 Å². The summed E-state index contributed by atoms with van der Waals surface area (Å²) in [5.41, 5.74) is -0.747. The number of imide groups is 1. The molecular formula is C39H56N6O7. The van der Waals surface area contributed by atoms with E-state index in [9.17, 15) is 33.6 Å². The molecule has 4 N–H and O–H groups in total. The maximum absolute atomic E-state index is 14.5. The van der Waals surface area contributed by atoms with Crippen molar-refractivity contribution in [3.8, 4) is 0 Å². The van der Waals surface area contributed by atoms with E-state index in [-0.39, 0.29) is 37.3 Å². The Morgan fingerprint density at radius 1 is 0.904 bits per heavy atom. The molecule has 13 heteroatoms. The third-order valence-corrected chi connectivity index (χ3v) is 10.4. The Kier molecular flexibility index (Phi) is 12.4. The number of carbonyl (C=O) groups excluding carboxylic acids is 7. The number of nitrogens with zero attached hydrogens (tertiary/aromatic N) is 2. The van der Waals surface area contributed by atoms with E-state index in [4.69, 9.17) is 0 Å². The number of hydrogen-bond donors (Lipinski definition) is 4. The van der Waals surface area contributed by atoms with Crippen LogP contribution in [0.15, 0.2) is 36.9 Å². The van der Waals surface area contributed by atoms with Crippen molar-refractivity contribution in [2.45, 2.75) is 105 Å². The van der Waals surface area contributed by atoms with E-state index in [1.165, 1.54) is 11.0 Å². The number of urea groups is 1. The summed E-state index contributed by atoms with van der Waals surface area (Å²) >= 11 is 0. The number of fused-ring (bicyclic) bond motifs is 2. The first-order chi connectivity index (χ1) is 24.3. The number of ketones is 1. The fraction of sp³-hybridized carbons (Fsp3) is 0.615. The number of hydrogen-bond acceptors (Lipinski definition) is 7. The lowest BCUT2D eigenvalue weighted by Crippen LogP contribution is -2.62. The average molecular weight is 721 g/mol. The molecule has 1 aromatic rings. The first-order valence-electron chi connectivity index (χ1n) is 18.3. The highest BCUT2D eigenvalue weighted by atomic mass is 16.2. The van der Waals surface area contributed by atoms with Crippen molar-refractivity contribution in [3.63, 3.8) is 0 Å². The SMILES string of the molecule is C=CCNC(=O)C(=O)[C@H](CC(C)C)NC(=O)[C@@H]1[C@H]2CCC[C@H]2CN1C(=O)[C@@H](NC(=O)N[C@H](CN1C(=O)c2ccccc2C1=O)C(C)(C)C)C(C)(C)C. The van der Waals surface area contributed by atoms with Crippen LogP contribution in [0.5, 0.6) is 0 Å². The standard InChI is InChI=1S/C39H56N6O7/c1-10-18-40-33(48)30(46)27(19-22(2)3)41-32(47)29-24-17-13-14-23(24)20-44(29)36(51)31(39(7,8)9)43-37(52)42-28(38(4,5)6)21-45-34(49)25-15-11-12-16-26(25)35(45)50/h10-12,15-16,22-24,27-29,31H,1,13-14,17-21H2,2-9H3,(H,40,48)(H,41,47)(H2,42,43,52)/t23-,24-,27-,28+,29-,31+/m0/s1. The van der Waals surface area contributed by atoms with Crippen molar-refractivity contribution in [1.82, 2.24) is 31.1 Å². The molecule has 13 nitrogen and oxygen atoms in total. The average Bonchev–Trinajstić information content (AvgIpc) is 3.73. The number of rotatable bonds is 13. The highest BCUT2D eigenvalue weighted by Crippen LogP contribution is 2.43. The smallest absolute Gasteiger partial charge is 0.315 e. The molecule has 0 bridgehead atoms. The van der Waals surface area contributed by atoms with Gasteiger partial charge in [-0.25, -0.2) is 4.79 Å². The van der Waals surface area contributed by atoms with Gasteiger partial charge in [-0.15, -0.1) is 6.58 Å². The number of nitrogens with one attached hydrogen (secondary N) is 4.